The average molecular weight is 414 g/mol. The third-order valence-corrected chi connectivity index (χ3v) is 5.50. The Morgan fingerprint density at radius 2 is 2.03 bits per heavy atom. The number of nitrogens with zero attached hydrogens (tertiary/aromatic N) is 4. The van der Waals surface area contributed by atoms with Crippen molar-refractivity contribution in [3.8, 4) is 5.95 Å². The number of benzene rings is 2. The van der Waals surface area contributed by atoms with Gasteiger partial charge in [-0.2, -0.15) is 14.8 Å². The Hall–Kier alpha value is -3.78. The van der Waals surface area contributed by atoms with Gasteiger partial charge in [0.2, 0.25) is 5.91 Å². The number of nitrogens with one attached hydrogen (secondary N) is 1. The van der Waals surface area contributed by atoms with Crippen molar-refractivity contribution >= 4 is 22.6 Å². The topological polar surface area (TPSA) is 108 Å². The van der Waals surface area contributed by atoms with Crippen LogP contribution in [-0.2, 0) is 17.7 Å². The zero-order valence-corrected chi connectivity index (χ0v) is 17.1. The molecule has 2 aromatic carbocycles. The highest BCUT2D eigenvalue weighted by atomic mass is 16.5. The summed E-state index contributed by atoms with van der Waals surface area (Å²) < 4.78 is 7.49. The number of ether oxygens (including phenoxy) is 1. The maximum atomic E-state index is 11.8. The highest BCUT2D eigenvalue weighted by Crippen LogP contribution is 2.32. The molecule has 31 heavy (non-hydrogen) atoms. The molecule has 4 aromatic rings. The molecule has 0 aliphatic carbocycles. The number of primary amides is 1. The van der Waals surface area contributed by atoms with Gasteiger partial charge in [-0.3, -0.25) is 4.79 Å². The lowest BCUT2D eigenvalue weighted by molar-refractivity contribution is 0.0544. The summed E-state index contributed by atoms with van der Waals surface area (Å²) >= 11 is 0. The van der Waals surface area contributed by atoms with Gasteiger partial charge < -0.3 is 15.8 Å². The van der Waals surface area contributed by atoms with Crippen LogP contribution in [0.1, 0.15) is 40.2 Å². The summed E-state index contributed by atoms with van der Waals surface area (Å²) in [5, 5.41) is 8.59. The van der Waals surface area contributed by atoms with E-state index < -0.39 is 5.91 Å². The van der Waals surface area contributed by atoms with Crippen LogP contribution in [0.25, 0.3) is 16.9 Å². The molecule has 8 nitrogen and oxygen atoms in total. The molecule has 0 bridgehead atoms. The van der Waals surface area contributed by atoms with Gasteiger partial charge in [-0.05, 0) is 24.6 Å². The zero-order valence-electron chi connectivity index (χ0n) is 17.1. The molecule has 1 amide bonds. The molecular formula is C23H22N6O2. The van der Waals surface area contributed by atoms with Crippen molar-refractivity contribution in [2.45, 2.75) is 26.0 Å². The second-order valence-corrected chi connectivity index (χ2v) is 7.49. The molecule has 0 radical (unpaired) electrons. The standard InChI is InChI=1S/C23H22N6O2/c1-14-20-18(10-11-31-14)27-23(28-22(20)25-12-15-6-3-2-4-7-15)29-19-9-5-8-16(21(24)30)17(19)13-26-29/h2-9,13-14H,10-12H2,1H3,(H2,24,30)(H,25,27,28). The van der Waals surface area contributed by atoms with Crippen molar-refractivity contribution in [2.24, 2.45) is 5.73 Å². The van der Waals surface area contributed by atoms with Crippen LogP contribution in [0.2, 0.25) is 0 Å². The SMILES string of the molecule is CC1OCCc2nc(-n3ncc4c(C(N)=O)cccc43)nc(NCc3ccccc3)c21. The lowest BCUT2D eigenvalue weighted by Gasteiger charge is -2.25. The molecule has 8 heteroatoms. The maximum absolute atomic E-state index is 11.8. The maximum Gasteiger partial charge on any atom is 0.253 e. The summed E-state index contributed by atoms with van der Waals surface area (Å²) in [6.07, 6.45) is 2.22. The second-order valence-electron chi connectivity index (χ2n) is 7.49. The minimum atomic E-state index is -0.493. The van der Waals surface area contributed by atoms with E-state index in [1.165, 1.54) is 0 Å². The number of hydrogen-bond donors (Lipinski definition) is 2. The largest absolute Gasteiger partial charge is 0.373 e. The normalized spacial score (nSPS) is 15.6. The third-order valence-electron chi connectivity index (χ3n) is 5.50. The van der Waals surface area contributed by atoms with Gasteiger partial charge in [-0.1, -0.05) is 36.4 Å². The number of amides is 1. The quantitative estimate of drug-likeness (QED) is 0.519. The number of rotatable bonds is 5. The van der Waals surface area contributed by atoms with Gasteiger partial charge in [0.1, 0.15) is 5.82 Å². The molecular weight excluding hydrogens is 392 g/mol. The predicted molar refractivity (Wildman–Crippen MR) is 117 cm³/mol. The summed E-state index contributed by atoms with van der Waals surface area (Å²) in [4.78, 5) is 21.4. The molecule has 1 unspecified atom stereocenters. The Labute approximate surface area is 179 Å². The van der Waals surface area contributed by atoms with Crippen molar-refractivity contribution in [1.82, 2.24) is 19.7 Å². The first-order chi connectivity index (χ1) is 15.1. The molecule has 0 spiro atoms. The number of aromatic nitrogens is 4. The van der Waals surface area contributed by atoms with Crippen LogP contribution in [0.5, 0.6) is 0 Å². The zero-order chi connectivity index (χ0) is 21.4. The summed E-state index contributed by atoms with van der Waals surface area (Å²) in [5.41, 5.74) is 9.73. The van der Waals surface area contributed by atoms with E-state index in [1.807, 2.05) is 31.2 Å². The lowest BCUT2D eigenvalue weighted by Crippen LogP contribution is -2.21. The molecule has 3 N–H and O–H groups in total. The molecule has 1 aliphatic heterocycles. The van der Waals surface area contributed by atoms with E-state index in [1.54, 1.807) is 23.0 Å². The van der Waals surface area contributed by atoms with E-state index in [4.69, 9.17) is 20.4 Å². The van der Waals surface area contributed by atoms with E-state index in [2.05, 4.69) is 22.5 Å². The Balaban J connectivity index is 1.61. The van der Waals surface area contributed by atoms with Gasteiger partial charge in [-0.15, -0.1) is 0 Å². The molecule has 156 valence electrons. The smallest absolute Gasteiger partial charge is 0.253 e. The van der Waals surface area contributed by atoms with Gasteiger partial charge in [0.05, 0.1) is 35.7 Å². The molecule has 0 saturated carbocycles. The Morgan fingerprint density at radius 3 is 2.84 bits per heavy atom. The number of carbonyl (C=O) groups is 1. The van der Waals surface area contributed by atoms with Crippen LogP contribution in [0.3, 0.4) is 0 Å². The van der Waals surface area contributed by atoms with Crippen molar-refractivity contribution in [3.05, 3.63) is 77.1 Å². The van der Waals surface area contributed by atoms with Crippen LogP contribution >= 0.6 is 0 Å². The minimum Gasteiger partial charge on any atom is -0.373 e. The number of hydrogen-bond acceptors (Lipinski definition) is 6. The minimum absolute atomic E-state index is 0.105. The predicted octanol–water partition coefficient (Wildman–Crippen LogP) is 3.16. The number of nitrogens with two attached hydrogens (primary N) is 1. The number of fused-ring (bicyclic) bond motifs is 2. The monoisotopic (exact) mass is 414 g/mol. The van der Waals surface area contributed by atoms with Crippen LogP contribution < -0.4 is 11.1 Å². The average Bonchev–Trinajstić information content (AvgIpc) is 3.22. The summed E-state index contributed by atoms with van der Waals surface area (Å²) in [6, 6.07) is 15.5. The van der Waals surface area contributed by atoms with Crippen LogP contribution in [0.15, 0.2) is 54.7 Å². The van der Waals surface area contributed by atoms with E-state index >= 15 is 0 Å². The number of anilines is 1. The van der Waals surface area contributed by atoms with E-state index in [-0.39, 0.29) is 6.10 Å². The molecule has 1 aliphatic rings. The lowest BCUT2D eigenvalue weighted by atomic mass is 10.0. The van der Waals surface area contributed by atoms with E-state index in [0.717, 1.165) is 28.2 Å². The first kappa shape index (κ1) is 19.2. The Morgan fingerprint density at radius 1 is 1.19 bits per heavy atom. The van der Waals surface area contributed by atoms with Gasteiger partial charge in [0.15, 0.2) is 0 Å². The van der Waals surface area contributed by atoms with Crippen molar-refractivity contribution in [3.63, 3.8) is 0 Å². The van der Waals surface area contributed by atoms with Gasteiger partial charge in [0.25, 0.3) is 5.95 Å². The highest BCUT2D eigenvalue weighted by Gasteiger charge is 2.25. The molecule has 0 fully saturated rings. The molecule has 1 atom stereocenters. The fourth-order valence-electron chi connectivity index (χ4n) is 3.97. The van der Waals surface area contributed by atoms with Crippen LogP contribution in [0.4, 0.5) is 5.82 Å². The van der Waals surface area contributed by atoms with Crippen LogP contribution in [0, 0.1) is 0 Å². The summed E-state index contributed by atoms with van der Waals surface area (Å²) in [6.45, 7) is 3.24. The summed E-state index contributed by atoms with van der Waals surface area (Å²) in [5.74, 6) is 0.679. The fraction of sp³-hybridized carbons (Fsp3) is 0.217. The van der Waals surface area contributed by atoms with Crippen molar-refractivity contribution < 1.29 is 9.53 Å². The first-order valence-corrected chi connectivity index (χ1v) is 10.2. The van der Waals surface area contributed by atoms with Crippen molar-refractivity contribution in [2.75, 3.05) is 11.9 Å². The van der Waals surface area contributed by atoms with Gasteiger partial charge in [-0.25, -0.2) is 4.98 Å². The third kappa shape index (κ3) is 3.51. The Bertz CT molecular complexity index is 1270. The van der Waals surface area contributed by atoms with Gasteiger partial charge >= 0.3 is 0 Å². The summed E-state index contributed by atoms with van der Waals surface area (Å²) in [7, 11) is 0. The molecule has 2 aromatic heterocycles. The van der Waals surface area contributed by atoms with E-state index in [0.29, 0.717) is 36.5 Å². The van der Waals surface area contributed by atoms with Crippen molar-refractivity contribution in [1.29, 1.82) is 0 Å². The molecule has 0 saturated heterocycles. The fourth-order valence-corrected chi connectivity index (χ4v) is 3.97. The Kier molecular flexibility index (Phi) is 4.83. The number of carbonyl (C=O) groups excluding carboxylic acids is 1. The highest BCUT2D eigenvalue weighted by molar-refractivity contribution is 6.05. The van der Waals surface area contributed by atoms with Crippen LogP contribution in [-0.4, -0.2) is 32.3 Å². The van der Waals surface area contributed by atoms with E-state index in [9.17, 15) is 4.79 Å². The molecule has 3 heterocycles. The first-order valence-electron chi connectivity index (χ1n) is 10.2. The van der Waals surface area contributed by atoms with Gasteiger partial charge in [0, 0.05) is 23.9 Å². The molecule has 5 rings (SSSR count). The second kappa shape index (κ2) is 7.81.